The van der Waals surface area contributed by atoms with Gasteiger partial charge < -0.3 is 10.1 Å². The van der Waals surface area contributed by atoms with E-state index < -0.39 is 23.5 Å². The van der Waals surface area contributed by atoms with Crippen LogP contribution >= 0.6 is 0 Å². The van der Waals surface area contributed by atoms with E-state index in [1.165, 1.54) is 17.9 Å². The molecular weight excluding hydrogens is 348 g/mol. The smallest absolute Gasteiger partial charge is 0.338 e. The predicted molar refractivity (Wildman–Crippen MR) is 93.6 cm³/mol. The Balaban J connectivity index is 1.64. The van der Waals surface area contributed by atoms with Crippen molar-refractivity contribution < 1.29 is 14.3 Å². The minimum atomic E-state index is -1.01. The third kappa shape index (κ3) is 4.28. The van der Waals surface area contributed by atoms with Crippen molar-refractivity contribution in [2.24, 2.45) is 0 Å². The van der Waals surface area contributed by atoms with Gasteiger partial charge in [0.15, 0.2) is 6.10 Å². The molecule has 1 aliphatic carbocycles. The molecule has 140 valence electrons. The number of hydrogen-bond donors (Lipinski definition) is 1. The first-order valence-corrected chi connectivity index (χ1v) is 8.81. The van der Waals surface area contributed by atoms with Crippen LogP contribution in [0.5, 0.6) is 0 Å². The van der Waals surface area contributed by atoms with Crippen molar-refractivity contribution in [2.45, 2.75) is 50.7 Å². The Morgan fingerprint density at radius 1 is 1.33 bits per heavy atom. The Hall–Kier alpha value is -3.28. The van der Waals surface area contributed by atoms with Crippen molar-refractivity contribution >= 4 is 11.9 Å². The highest BCUT2D eigenvalue weighted by molar-refractivity contribution is 5.92. The van der Waals surface area contributed by atoms with E-state index >= 15 is 0 Å². The summed E-state index contributed by atoms with van der Waals surface area (Å²) in [6, 6.07) is 8.78. The number of hydrogen-bond acceptors (Lipinski definition) is 7. The highest BCUT2D eigenvalue weighted by atomic mass is 16.5. The second kappa shape index (κ2) is 7.95. The van der Waals surface area contributed by atoms with Crippen molar-refractivity contribution in [2.75, 3.05) is 0 Å². The van der Waals surface area contributed by atoms with Gasteiger partial charge in [-0.15, -0.1) is 5.10 Å². The van der Waals surface area contributed by atoms with Crippen LogP contribution < -0.4 is 5.32 Å². The number of nitrogens with one attached hydrogen (secondary N) is 1. The first-order valence-electron chi connectivity index (χ1n) is 8.81. The van der Waals surface area contributed by atoms with Gasteiger partial charge in [-0.1, -0.05) is 25.3 Å². The van der Waals surface area contributed by atoms with Crippen LogP contribution in [-0.4, -0.2) is 43.7 Å². The SMILES string of the molecule is CC(OC(=O)c1cccc(-n2cnnn2)c1)C(=O)NC1(C#N)CCCCC1. The van der Waals surface area contributed by atoms with E-state index in [1.807, 2.05) is 0 Å². The molecule has 0 aliphatic heterocycles. The van der Waals surface area contributed by atoms with Crippen LogP contribution in [0.1, 0.15) is 49.4 Å². The lowest BCUT2D eigenvalue weighted by Crippen LogP contribution is -2.52. The summed E-state index contributed by atoms with van der Waals surface area (Å²) in [4.78, 5) is 24.8. The second-order valence-corrected chi connectivity index (χ2v) is 6.60. The number of aromatic nitrogens is 4. The van der Waals surface area contributed by atoms with E-state index in [1.54, 1.807) is 24.3 Å². The van der Waals surface area contributed by atoms with Gasteiger partial charge in [-0.25, -0.2) is 9.48 Å². The fraction of sp³-hybridized carbons (Fsp3) is 0.444. The number of carbonyl (C=O) groups is 2. The monoisotopic (exact) mass is 368 g/mol. The minimum absolute atomic E-state index is 0.273. The fourth-order valence-electron chi connectivity index (χ4n) is 3.09. The van der Waals surface area contributed by atoms with Crippen LogP contribution in [0.15, 0.2) is 30.6 Å². The average Bonchev–Trinajstić information content (AvgIpc) is 3.23. The first-order chi connectivity index (χ1) is 13.0. The molecule has 1 N–H and O–H groups in total. The summed E-state index contributed by atoms with van der Waals surface area (Å²) in [7, 11) is 0. The molecule has 2 aromatic rings. The molecule has 1 saturated carbocycles. The molecule has 1 aliphatic rings. The molecule has 1 heterocycles. The average molecular weight is 368 g/mol. The Bertz CT molecular complexity index is 852. The molecule has 1 atom stereocenters. The van der Waals surface area contributed by atoms with E-state index in [0.29, 0.717) is 18.5 Å². The second-order valence-electron chi connectivity index (χ2n) is 6.60. The molecule has 1 unspecified atom stereocenters. The molecule has 27 heavy (non-hydrogen) atoms. The molecular formula is C18H20N6O3. The van der Waals surface area contributed by atoms with Gasteiger partial charge in [-0.2, -0.15) is 5.26 Å². The normalized spacial score (nSPS) is 16.7. The summed E-state index contributed by atoms with van der Waals surface area (Å²) in [5, 5.41) is 23.1. The van der Waals surface area contributed by atoms with Crippen LogP contribution in [0.3, 0.4) is 0 Å². The molecule has 1 amide bonds. The Labute approximate surface area is 156 Å². The van der Waals surface area contributed by atoms with E-state index in [9.17, 15) is 14.9 Å². The van der Waals surface area contributed by atoms with E-state index in [-0.39, 0.29) is 5.56 Å². The summed E-state index contributed by atoms with van der Waals surface area (Å²) in [5.74, 6) is -1.11. The number of amides is 1. The Morgan fingerprint density at radius 2 is 2.11 bits per heavy atom. The van der Waals surface area contributed by atoms with E-state index in [0.717, 1.165) is 19.3 Å². The zero-order chi connectivity index (χ0) is 19.3. The van der Waals surface area contributed by atoms with Gasteiger partial charge >= 0.3 is 5.97 Å². The lowest BCUT2D eigenvalue weighted by atomic mass is 9.83. The van der Waals surface area contributed by atoms with Crippen molar-refractivity contribution in [3.05, 3.63) is 36.2 Å². The molecule has 1 aromatic carbocycles. The van der Waals surface area contributed by atoms with Gasteiger partial charge in [-0.3, -0.25) is 4.79 Å². The topological polar surface area (TPSA) is 123 Å². The van der Waals surface area contributed by atoms with Crippen molar-refractivity contribution in [3.63, 3.8) is 0 Å². The molecule has 9 heteroatoms. The quantitative estimate of drug-likeness (QED) is 0.794. The van der Waals surface area contributed by atoms with Crippen molar-refractivity contribution in [1.82, 2.24) is 25.5 Å². The van der Waals surface area contributed by atoms with Gasteiger partial charge in [-0.05, 0) is 48.4 Å². The molecule has 0 saturated heterocycles. The fourth-order valence-corrected chi connectivity index (χ4v) is 3.09. The Morgan fingerprint density at radius 3 is 2.78 bits per heavy atom. The summed E-state index contributed by atoms with van der Waals surface area (Å²) in [6.07, 6.45) is 4.47. The van der Waals surface area contributed by atoms with Crippen molar-refractivity contribution in [1.29, 1.82) is 5.26 Å². The summed E-state index contributed by atoms with van der Waals surface area (Å²) in [5.41, 5.74) is 0.00299. The molecule has 1 aromatic heterocycles. The maximum atomic E-state index is 12.4. The predicted octanol–water partition coefficient (Wildman–Crippen LogP) is 1.55. The first kappa shape index (κ1) is 18.5. The third-order valence-electron chi connectivity index (χ3n) is 4.63. The number of rotatable bonds is 5. The lowest BCUT2D eigenvalue weighted by molar-refractivity contribution is -0.130. The largest absolute Gasteiger partial charge is 0.449 e. The summed E-state index contributed by atoms with van der Waals surface area (Å²) >= 11 is 0. The minimum Gasteiger partial charge on any atom is -0.449 e. The van der Waals surface area contributed by atoms with Crippen LogP contribution in [0.25, 0.3) is 5.69 Å². The van der Waals surface area contributed by atoms with Crippen LogP contribution in [0, 0.1) is 11.3 Å². The summed E-state index contributed by atoms with van der Waals surface area (Å²) < 4.78 is 6.69. The highest BCUT2D eigenvalue weighted by Gasteiger charge is 2.35. The van der Waals surface area contributed by atoms with Gasteiger partial charge in [0.25, 0.3) is 5.91 Å². The molecule has 1 fully saturated rings. The molecule has 3 rings (SSSR count). The molecule has 0 spiro atoms. The number of esters is 1. The number of nitrogens with zero attached hydrogens (tertiary/aromatic N) is 5. The lowest BCUT2D eigenvalue weighted by Gasteiger charge is -2.32. The van der Waals surface area contributed by atoms with Crippen LogP contribution in [0.2, 0.25) is 0 Å². The number of benzene rings is 1. The van der Waals surface area contributed by atoms with E-state index in [2.05, 4.69) is 26.9 Å². The van der Waals surface area contributed by atoms with Crippen LogP contribution in [0.4, 0.5) is 0 Å². The number of tetrazole rings is 1. The maximum Gasteiger partial charge on any atom is 0.338 e. The standard InChI is InChI=1S/C18H20N6O3/c1-13(16(25)21-18(11-19)8-3-2-4-9-18)27-17(26)14-6-5-7-15(10-14)24-12-20-22-23-24/h5-7,10,12-13H,2-4,8-9H2,1H3,(H,21,25). The van der Waals surface area contributed by atoms with E-state index in [4.69, 9.17) is 4.74 Å². The summed E-state index contributed by atoms with van der Waals surface area (Å²) in [6.45, 7) is 1.49. The number of ether oxygens (including phenoxy) is 1. The number of carbonyl (C=O) groups excluding carboxylic acids is 2. The molecule has 0 bridgehead atoms. The number of nitriles is 1. The van der Waals surface area contributed by atoms with Gasteiger partial charge in [0.2, 0.25) is 0 Å². The van der Waals surface area contributed by atoms with Gasteiger partial charge in [0.05, 0.1) is 17.3 Å². The molecule has 9 nitrogen and oxygen atoms in total. The zero-order valence-corrected chi connectivity index (χ0v) is 15.0. The Kier molecular flexibility index (Phi) is 5.45. The highest BCUT2D eigenvalue weighted by Crippen LogP contribution is 2.27. The molecule has 0 radical (unpaired) electrons. The zero-order valence-electron chi connectivity index (χ0n) is 15.0. The van der Waals surface area contributed by atoms with Gasteiger partial charge in [0, 0.05) is 0 Å². The van der Waals surface area contributed by atoms with Crippen LogP contribution in [-0.2, 0) is 9.53 Å². The van der Waals surface area contributed by atoms with Gasteiger partial charge in [0.1, 0.15) is 11.9 Å². The maximum absolute atomic E-state index is 12.4. The van der Waals surface area contributed by atoms with Crippen molar-refractivity contribution in [3.8, 4) is 11.8 Å². The third-order valence-corrected chi connectivity index (χ3v) is 4.63.